The lowest BCUT2D eigenvalue weighted by Gasteiger charge is -2.25. The second-order valence-corrected chi connectivity index (χ2v) is 4.96. The van der Waals surface area contributed by atoms with Crippen LogP contribution in [0.4, 0.5) is 13.2 Å². The molecule has 0 amide bonds. The van der Waals surface area contributed by atoms with Gasteiger partial charge in [-0.3, -0.25) is 5.32 Å². The van der Waals surface area contributed by atoms with E-state index in [-0.39, 0.29) is 6.42 Å². The minimum atomic E-state index is -4.36. The first-order chi connectivity index (χ1) is 9.93. The van der Waals surface area contributed by atoms with Gasteiger partial charge in [0, 0.05) is 12.5 Å². The Labute approximate surface area is 122 Å². The third kappa shape index (κ3) is 3.56. The minimum absolute atomic E-state index is 0.376. The van der Waals surface area contributed by atoms with Crippen molar-refractivity contribution in [1.82, 2.24) is 5.32 Å². The molecule has 0 aliphatic rings. The zero-order valence-corrected chi connectivity index (χ0v) is 11.6. The van der Waals surface area contributed by atoms with Gasteiger partial charge in [-0.25, -0.2) is 0 Å². The highest BCUT2D eigenvalue weighted by Crippen LogP contribution is 2.28. The SMILES string of the molecule is C#CC[C@@H](N[C@H](C)c1cccc2ccccc12)C(F)(F)F. The summed E-state index contributed by atoms with van der Waals surface area (Å²) in [6.07, 6.45) is 0.309. The fourth-order valence-electron chi connectivity index (χ4n) is 2.41. The van der Waals surface area contributed by atoms with Gasteiger partial charge in [0.1, 0.15) is 6.04 Å². The van der Waals surface area contributed by atoms with E-state index in [2.05, 4.69) is 11.2 Å². The summed E-state index contributed by atoms with van der Waals surface area (Å²) in [5.41, 5.74) is 0.833. The van der Waals surface area contributed by atoms with Gasteiger partial charge in [0.25, 0.3) is 0 Å². The highest BCUT2D eigenvalue weighted by molar-refractivity contribution is 5.86. The molecular weight excluding hydrogens is 275 g/mol. The number of alkyl halides is 3. The molecule has 0 fully saturated rings. The van der Waals surface area contributed by atoms with Crippen molar-refractivity contribution < 1.29 is 13.2 Å². The summed E-state index contributed by atoms with van der Waals surface area (Å²) in [6.45, 7) is 1.72. The van der Waals surface area contributed by atoms with Gasteiger partial charge < -0.3 is 0 Å². The number of fused-ring (bicyclic) bond motifs is 1. The monoisotopic (exact) mass is 291 g/mol. The molecule has 0 aliphatic carbocycles. The van der Waals surface area contributed by atoms with Crippen LogP contribution < -0.4 is 5.32 Å². The molecule has 21 heavy (non-hydrogen) atoms. The summed E-state index contributed by atoms with van der Waals surface area (Å²) in [4.78, 5) is 0. The maximum atomic E-state index is 12.9. The molecule has 2 aromatic rings. The molecule has 0 radical (unpaired) electrons. The zero-order chi connectivity index (χ0) is 15.5. The molecule has 0 unspecified atom stereocenters. The zero-order valence-electron chi connectivity index (χ0n) is 11.6. The number of hydrogen-bond donors (Lipinski definition) is 1. The van der Waals surface area contributed by atoms with Gasteiger partial charge in [-0.15, -0.1) is 12.3 Å². The van der Waals surface area contributed by atoms with E-state index in [0.29, 0.717) is 0 Å². The summed E-state index contributed by atoms with van der Waals surface area (Å²) in [5.74, 6) is 2.09. The van der Waals surface area contributed by atoms with Crippen molar-refractivity contribution in [3.8, 4) is 12.3 Å². The summed E-state index contributed by atoms with van der Waals surface area (Å²) in [6, 6.07) is 11.1. The van der Waals surface area contributed by atoms with Crippen LogP contribution in [-0.4, -0.2) is 12.2 Å². The van der Waals surface area contributed by atoms with Crippen molar-refractivity contribution in [2.45, 2.75) is 31.6 Å². The van der Waals surface area contributed by atoms with Crippen molar-refractivity contribution >= 4 is 10.8 Å². The quantitative estimate of drug-likeness (QED) is 0.821. The molecule has 0 heterocycles. The lowest BCUT2D eigenvalue weighted by Crippen LogP contribution is -2.43. The minimum Gasteiger partial charge on any atom is -0.299 e. The predicted octanol–water partition coefficient (Wildman–Crippen LogP) is 4.44. The number of rotatable bonds is 4. The lowest BCUT2D eigenvalue weighted by molar-refractivity contribution is -0.156. The molecule has 2 rings (SSSR count). The number of halogens is 3. The molecule has 0 saturated heterocycles. The fraction of sp³-hybridized carbons (Fsp3) is 0.294. The summed E-state index contributed by atoms with van der Waals surface area (Å²) >= 11 is 0. The molecule has 1 nitrogen and oxygen atoms in total. The maximum absolute atomic E-state index is 12.9. The van der Waals surface area contributed by atoms with E-state index in [0.717, 1.165) is 16.3 Å². The van der Waals surface area contributed by atoms with E-state index in [9.17, 15) is 13.2 Å². The van der Waals surface area contributed by atoms with Crippen molar-refractivity contribution in [3.05, 3.63) is 48.0 Å². The number of hydrogen-bond acceptors (Lipinski definition) is 1. The first-order valence-corrected chi connectivity index (χ1v) is 6.67. The smallest absolute Gasteiger partial charge is 0.299 e. The highest BCUT2D eigenvalue weighted by atomic mass is 19.4. The van der Waals surface area contributed by atoms with Crippen LogP contribution in [0.25, 0.3) is 10.8 Å². The lowest BCUT2D eigenvalue weighted by atomic mass is 9.99. The molecule has 0 bridgehead atoms. The maximum Gasteiger partial charge on any atom is 0.404 e. The van der Waals surface area contributed by atoms with Gasteiger partial charge >= 0.3 is 6.18 Å². The van der Waals surface area contributed by atoms with Crippen molar-refractivity contribution in [1.29, 1.82) is 0 Å². The van der Waals surface area contributed by atoms with Gasteiger partial charge in [0.2, 0.25) is 0 Å². The second kappa shape index (κ2) is 6.19. The molecule has 110 valence electrons. The molecule has 2 atom stereocenters. The van der Waals surface area contributed by atoms with E-state index in [1.165, 1.54) is 0 Å². The standard InChI is InChI=1S/C17H16F3N/c1-3-7-16(17(18,19)20)21-12(2)14-11-6-9-13-8-4-5-10-15(13)14/h1,4-6,8-12,16,21H,7H2,2H3/t12-,16-/m1/s1. The van der Waals surface area contributed by atoms with Crippen LogP contribution in [0, 0.1) is 12.3 Å². The third-order valence-electron chi connectivity index (χ3n) is 3.46. The molecule has 0 saturated carbocycles. The second-order valence-electron chi connectivity index (χ2n) is 4.96. The molecule has 0 aliphatic heterocycles. The first-order valence-electron chi connectivity index (χ1n) is 6.67. The Hall–Kier alpha value is -1.99. The van der Waals surface area contributed by atoms with Crippen molar-refractivity contribution in [3.63, 3.8) is 0 Å². The Kier molecular flexibility index (Phi) is 4.54. The van der Waals surface area contributed by atoms with E-state index in [1.54, 1.807) is 6.92 Å². The summed E-state index contributed by atoms with van der Waals surface area (Å²) < 4.78 is 38.8. The van der Waals surface area contributed by atoms with Gasteiger partial charge in [-0.1, -0.05) is 42.5 Å². The van der Waals surface area contributed by atoms with Gasteiger partial charge in [0.15, 0.2) is 0 Å². The van der Waals surface area contributed by atoms with Gasteiger partial charge in [0.05, 0.1) is 0 Å². The van der Waals surface area contributed by atoms with E-state index in [1.807, 2.05) is 42.5 Å². The molecule has 0 spiro atoms. The number of terminal acetylenes is 1. The molecule has 1 N–H and O–H groups in total. The first kappa shape index (κ1) is 15.4. The Morgan fingerprint density at radius 2 is 1.81 bits per heavy atom. The van der Waals surface area contributed by atoms with Crippen LogP contribution in [0.5, 0.6) is 0 Å². The average Bonchev–Trinajstić information content (AvgIpc) is 2.45. The van der Waals surface area contributed by atoms with E-state index >= 15 is 0 Å². The molecular formula is C17H16F3N. The van der Waals surface area contributed by atoms with Crippen LogP contribution in [0.1, 0.15) is 24.9 Å². The topological polar surface area (TPSA) is 12.0 Å². The molecule has 4 heteroatoms. The Morgan fingerprint density at radius 1 is 1.14 bits per heavy atom. The average molecular weight is 291 g/mol. The van der Waals surface area contributed by atoms with Crippen molar-refractivity contribution in [2.75, 3.05) is 0 Å². The fourth-order valence-corrected chi connectivity index (χ4v) is 2.41. The summed E-state index contributed by atoms with van der Waals surface area (Å²) in [5, 5.41) is 4.55. The molecule has 0 aromatic heterocycles. The van der Waals surface area contributed by atoms with Crippen LogP contribution in [0.15, 0.2) is 42.5 Å². The van der Waals surface area contributed by atoms with Gasteiger partial charge in [-0.2, -0.15) is 13.2 Å². The number of nitrogens with one attached hydrogen (secondary N) is 1. The van der Waals surface area contributed by atoms with Crippen LogP contribution in [0.2, 0.25) is 0 Å². The predicted molar refractivity (Wildman–Crippen MR) is 78.8 cm³/mol. The summed E-state index contributed by atoms with van der Waals surface area (Å²) in [7, 11) is 0. The highest BCUT2D eigenvalue weighted by Gasteiger charge is 2.39. The Morgan fingerprint density at radius 3 is 2.48 bits per heavy atom. The molecule has 2 aromatic carbocycles. The van der Waals surface area contributed by atoms with E-state index in [4.69, 9.17) is 6.42 Å². The third-order valence-corrected chi connectivity index (χ3v) is 3.46. The van der Waals surface area contributed by atoms with Crippen LogP contribution in [-0.2, 0) is 0 Å². The Balaban J connectivity index is 2.30. The normalized spacial score (nSPS) is 14.6. The largest absolute Gasteiger partial charge is 0.404 e. The van der Waals surface area contributed by atoms with Crippen LogP contribution >= 0.6 is 0 Å². The van der Waals surface area contributed by atoms with Crippen molar-refractivity contribution in [2.24, 2.45) is 0 Å². The van der Waals surface area contributed by atoms with Gasteiger partial charge in [-0.05, 0) is 23.3 Å². The van der Waals surface area contributed by atoms with Crippen LogP contribution in [0.3, 0.4) is 0 Å². The Bertz CT molecular complexity index is 650. The van der Waals surface area contributed by atoms with E-state index < -0.39 is 18.3 Å². The number of benzene rings is 2.